The minimum Gasteiger partial charge on any atom is -0.507 e. The van der Waals surface area contributed by atoms with Gasteiger partial charge in [0.05, 0.1) is 18.7 Å². The van der Waals surface area contributed by atoms with E-state index < -0.39 is 17.7 Å². The molecule has 1 amide bonds. The van der Waals surface area contributed by atoms with E-state index in [0.717, 1.165) is 10.4 Å². The van der Waals surface area contributed by atoms with Crippen molar-refractivity contribution in [3.63, 3.8) is 0 Å². The molecule has 3 aromatic rings. The van der Waals surface area contributed by atoms with Crippen LogP contribution in [0.5, 0.6) is 5.75 Å². The second-order valence-corrected chi connectivity index (χ2v) is 8.22. The van der Waals surface area contributed by atoms with Gasteiger partial charge in [-0.05, 0) is 41.3 Å². The number of ketones is 1. The maximum absolute atomic E-state index is 13.0. The molecule has 4 rings (SSSR count). The second kappa shape index (κ2) is 8.34. The first-order valence-corrected chi connectivity index (χ1v) is 10.5. The molecule has 1 atom stereocenters. The Labute approximate surface area is 182 Å². The number of nitrogens with zero attached hydrogens (tertiary/aromatic N) is 1. The van der Waals surface area contributed by atoms with Gasteiger partial charge in [0.1, 0.15) is 11.5 Å². The van der Waals surface area contributed by atoms with Crippen molar-refractivity contribution in [1.82, 2.24) is 4.90 Å². The number of aliphatic hydroxyl groups excluding tert-OH is 1. The summed E-state index contributed by atoms with van der Waals surface area (Å²) in [4.78, 5) is 28.2. The Kier molecular flexibility index (Phi) is 5.61. The summed E-state index contributed by atoms with van der Waals surface area (Å²) in [5.41, 5.74) is 1.31. The maximum atomic E-state index is 13.0. The molecule has 1 unspecified atom stereocenters. The number of ether oxygens (including phenoxy) is 1. The molecule has 2 aromatic carbocycles. The molecule has 1 N–H and O–H groups in total. The molecule has 1 fully saturated rings. The lowest BCUT2D eigenvalue weighted by atomic mass is 10.00. The number of hydrogen-bond donors (Lipinski definition) is 1. The number of rotatable bonds is 5. The van der Waals surface area contributed by atoms with Crippen LogP contribution in [0.15, 0.2) is 71.6 Å². The van der Waals surface area contributed by atoms with Crippen LogP contribution in [0.25, 0.3) is 5.76 Å². The van der Waals surface area contributed by atoms with Gasteiger partial charge in [-0.15, -0.1) is 11.3 Å². The maximum Gasteiger partial charge on any atom is 0.295 e. The van der Waals surface area contributed by atoms with Gasteiger partial charge in [-0.1, -0.05) is 41.9 Å². The van der Waals surface area contributed by atoms with Gasteiger partial charge < -0.3 is 14.7 Å². The minimum atomic E-state index is -0.709. The fourth-order valence-corrected chi connectivity index (χ4v) is 4.54. The summed E-state index contributed by atoms with van der Waals surface area (Å²) < 4.78 is 5.18. The summed E-state index contributed by atoms with van der Waals surface area (Å²) in [6, 6.07) is 16.9. The van der Waals surface area contributed by atoms with Crippen molar-refractivity contribution >= 4 is 40.4 Å². The van der Waals surface area contributed by atoms with Gasteiger partial charge in [-0.3, -0.25) is 9.59 Å². The number of benzene rings is 2. The Hall–Kier alpha value is -3.09. The van der Waals surface area contributed by atoms with Crippen LogP contribution in [0.2, 0.25) is 5.02 Å². The SMILES string of the molecule is COc1ccc(CN2C(=O)C(=O)/C(=C(\O)c3cccc(Cl)c3)C2c2cccs2)cc1. The van der Waals surface area contributed by atoms with Crippen LogP contribution in [0.1, 0.15) is 22.0 Å². The number of halogens is 1. The Morgan fingerprint density at radius 2 is 1.90 bits per heavy atom. The molecule has 0 radical (unpaired) electrons. The first-order valence-electron chi connectivity index (χ1n) is 9.20. The first kappa shape index (κ1) is 20.2. The molecular formula is C23H18ClNO4S. The number of carbonyl (C=O) groups is 2. The minimum absolute atomic E-state index is 0.0678. The highest BCUT2D eigenvalue weighted by Crippen LogP contribution is 2.42. The largest absolute Gasteiger partial charge is 0.507 e. The van der Waals surface area contributed by atoms with Crippen LogP contribution in [0, 0.1) is 0 Å². The van der Waals surface area contributed by atoms with Gasteiger partial charge in [0, 0.05) is 22.0 Å². The van der Waals surface area contributed by atoms with Gasteiger partial charge in [-0.25, -0.2) is 0 Å². The highest BCUT2D eigenvalue weighted by atomic mass is 35.5. The smallest absolute Gasteiger partial charge is 0.295 e. The summed E-state index contributed by atoms with van der Waals surface area (Å²) in [6.45, 7) is 0.226. The predicted molar refractivity (Wildman–Crippen MR) is 117 cm³/mol. The van der Waals surface area contributed by atoms with Crippen molar-refractivity contribution in [2.24, 2.45) is 0 Å². The lowest BCUT2D eigenvalue weighted by Crippen LogP contribution is -2.28. The van der Waals surface area contributed by atoms with E-state index in [4.69, 9.17) is 16.3 Å². The van der Waals surface area contributed by atoms with Crippen molar-refractivity contribution in [3.05, 3.63) is 92.6 Å². The molecule has 0 bridgehead atoms. The van der Waals surface area contributed by atoms with Gasteiger partial charge in [0.25, 0.3) is 11.7 Å². The van der Waals surface area contributed by atoms with Crippen molar-refractivity contribution in [2.75, 3.05) is 7.11 Å². The Bertz CT molecular complexity index is 1120. The van der Waals surface area contributed by atoms with Crippen molar-refractivity contribution in [1.29, 1.82) is 0 Å². The number of amides is 1. The highest BCUT2D eigenvalue weighted by molar-refractivity contribution is 7.10. The van der Waals surface area contributed by atoms with E-state index in [2.05, 4.69) is 0 Å². The average Bonchev–Trinajstić information content (AvgIpc) is 3.36. The lowest BCUT2D eigenvalue weighted by molar-refractivity contribution is -0.140. The van der Waals surface area contributed by atoms with Gasteiger partial charge in [0.2, 0.25) is 0 Å². The van der Waals surface area contributed by atoms with Crippen LogP contribution in [0.4, 0.5) is 0 Å². The number of aliphatic hydroxyl groups is 1. The van der Waals surface area contributed by atoms with Gasteiger partial charge in [-0.2, -0.15) is 0 Å². The molecule has 0 spiro atoms. The van der Waals surface area contributed by atoms with Crippen LogP contribution in [0.3, 0.4) is 0 Å². The lowest BCUT2D eigenvalue weighted by Gasteiger charge is -2.24. The zero-order chi connectivity index (χ0) is 21.3. The quantitative estimate of drug-likeness (QED) is 0.344. The molecular weight excluding hydrogens is 422 g/mol. The van der Waals surface area contributed by atoms with Gasteiger partial charge >= 0.3 is 0 Å². The Morgan fingerprint density at radius 3 is 2.53 bits per heavy atom. The standard InChI is InChI=1S/C23H18ClNO4S/c1-29-17-9-7-14(8-10-17)13-25-20(18-6-3-11-30-18)19(22(27)23(25)28)21(26)15-4-2-5-16(24)12-15/h2-12,20,26H,13H2,1H3/b21-19-. The molecule has 5 nitrogen and oxygen atoms in total. The predicted octanol–water partition coefficient (Wildman–Crippen LogP) is 5.03. The molecule has 0 saturated carbocycles. The fourth-order valence-electron chi connectivity index (χ4n) is 3.50. The number of likely N-dealkylation sites (tertiary alicyclic amines) is 1. The van der Waals surface area contributed by atoms with E-state index in [0.29, 0.717) is 16.3 Å². The van der Waals surface area contributed by atoms with Crippen LogP contribution in [-0.2, 0) is 16.1 Å². The highest BCUT2D eigenvalue weighted by Gasteiger charge is 2.46. The van der Waals surface area contributed by atoms with E-state index in [1.807, 2.05) is 29.6 Å². The zero-order valence-electron chi connectivity index (χ0n) is 16.0. The normalized spacial score (nSPS) is 18.1. The number of hydrogen-bond acceptors (Lipinski definition) is 5. The third kappa shape index (κ3) is 3.72. The molecule has 152 valence electrons. The molecule has 1 aromatic heterocycles. The van der Waals surface area contributed by atoms with Crippen LogP contribution in [-0.4, -0.2) is 28.8 Å². The van der Waals surface area contributed by atoms with Crippen molar-refractivity contribution in [3.8, 4) is 5.75 Å². The Balaban J connectivity index is 1.79. The summed E-state index contributed by atoms with van der Waals surface area (Å²) in [5, 5.41) is 13.3. The summed E-state index contributed by atoms with van der Waals surface area (Å²) in [6.07, 6.45) is 0. The van der Waals surface area contributed by atoms with Gasteiger partial charge in [0.15, 0.2) is 0 Å². The third-order valence-corrected chi connectivity index (χ3v) is 6.12. The van der Waals surface area contributed by atoms with E-state index >= 15 is 0 Å². The van der Waals surface area contributed by atoms with E-state index in [1.165, 1.54) is 16.2 Å². The van der Waals surface area contributed by atoms with Crippen LogP contribution >= 0.6 is 22.9 Å². The number of carbonyl (C=O) groups excluding carboxylic acids is 2. The third-order valence-electron chi connectivity index (χ3n) is 4.96. The number of thiophene rings is 1. The molecule has 0 aliphatic carbocycles. The fraction of sp³-hybridized carbons (Fsp3) is 0.130. The average molecular weight is 440 g/mol. The van der Waals surface area contributed by atoms with Crippen molar-refractivity contribution < 1.29 is 19.4 Å². The monoisotopic (exact) mass is 439 g/mol. The molecule has 1 aliphatic heterocycles. The molecule has 7 heteroatoms. The molecule has 1 aliphatic rings. The summed E-state index contributed by atoms with van der Waals surface area (Å²) in [7, 11) is 1.58. The molecule has 2 heterocycles. The number of methoxy groups -OCH3 is 1. The van der Waals surface area contributed by atoms with E-state index in [1.54, 1.807) is 43.5 Å². The zero-order valence-corrected chi connectivity index (χ0v) is 17.6. The first-order chi connectivity index (χ1) is 14.5. The van der Waals surface area contributed by atoms with Crippen LogP contribution < -0.4 is 4.74 Å². The topological polar surface area (TPSA) is 66.8 Å². The Morgan fingerprint density at radius 1 is 1.13 bits per heavy atom. The van der Waals surface area contributed by atoms with Crippen molar-refractivity contribution in [2.45, 2.75) is 12.6 Å². The van der Waals surface area contributed by atoms with E-state index in [-0.39, 0.29) is 17.9 Å². The summed E-state index contributed by atoms with van der Waals surface area (Å²) in [5.74, 6) is -0.879. The summed E-state index contributed by atoms with van der Waals surface area (Å²) >= 11 is 7.48. The second-order valence-electron chi connectivity index (χ2n) is 6.80. The van der Waals surface area contributed by atoms with E-state index in [9.17, 15) is 14.7 Å². The molecule has 30 heavy (non-hydrogen) atoms. The number of Topliss-reactive ketones (excluding diaryl/α,β-unsaturated/α-hetero) is 1. The molecule has 1 saturated heterocycles.